The van der Waals surface area contributed by atoms with Crippen molar-refractivity contribution in [3.8, 4) is 0 Å². The minimum absolute atomic E-state index is 0.00134. The lowest BCUT2D eigenvalue weighted by Gasteiger charge is -2.27. The zero-order valence-corrected chi connectivity index (χ0v) is 10.5. The van der Waals surface area contributed by atoms with E-state index >= 15 is 0 Å². The van der Waals surface area contributed by atoms with E-state index in [-0.39, 0.29) is 17.9 Å². The molecule has 17 heavy (non-hydrogen) atoms. The summed E-state index contributed by atoms with van der Waals surface area (Å²) in [5.41, 5.74) is 2.22. The molecule has 1 heterocycles. The highest BCUT2D eigenvalue weighted by Crippen LogP contribution is 2.31. The van der Waals surface area contributed by atoms with Gasteiger partial charge in [0.15, 0.2) is 0 Å². The second kappa shape index (κ2) is 5.21. The molecule has 1 aliphatic heterocycles. The van der Waals surface area contributed by atoms with Crippen molar-refractivity contribution in [3.05, 3.63) is 29.8 Å². The first-order valence-corrected chi connectivity index (χ1v) is 6.35. The summed E-state index contributed by atoms with van der Waals surface area (Å²) >= 11 is 0. The van der Waals surface area contributed by atoms with Crippen LogP contribution in [0.2, 0.25) is 0 Å². The molecule has 0 bridgehead atoms. The fourth-order valence-electron chi connectivity index (χ4n) is 2.19. The first-order chi connectivity index (χ1) is 8.22. The van der Waals surface area contributed by atoms with Gasteiger partial charge in [0, 0.05) is 18.3 Å². The zero-order chi connectivity index (χ0) is 12.3. The zero-order valence-electron chi connectivity index (χ0n) is 10.5. The lowest BCUT2D eigenvalue weighted by molar-refractivity contribution is -0.123. The molecule has 1 amide bonds. The van der Waals surface area contributed by atoms with Gasteiger partial charge in [-0.05, 0) is 31.4 Å². The second-order valence-electron chi connectivity index (χ2n) is 4.67. The van der Waals surface area contributed by atoms with E-state index in [1.807, 2.05) is 31.2 Å². The summed E-state index contributed by atoms with van der Waals surface area (Å²) in [6.07, 6.45) is 1.84. The first kappa shape index (κ1) is 12.0. The number of hydrogen-bond acceptors (Lipinski definition) is 2. The van der Waals surface area contributed by atoms with Gasteiger partial charge >= 0.3 is 0 Å². The van der Waals surface area contributed by atoms with E-state index in [1.54, 1.807) is 0 Å². The van der Waals surface area contributed by atoms with Gasteiger partial charge < -0.3 is 10.6 Å². The molecule has 0 saturated heterocycles. The highest BCUT2D eigenvalue weighted by Gasteiger charge is 2.26. The normalized spacial score (nSPS) is 20.0. The van der Waals surface area contributed by atoms with Crippen LogP contribution in [0.3, 0.4) is 0 Å². The van der Waals surface area contributed by atoms with Gasteiger partial charge in [-0.1, -0.05) is 25.1 Å². The fourth-order valence-corrected chi connectivity index (χ4v) is 2.19. The highest BCUT2D eigenvalue weighted by atomic mass is 16.1. The molecule has 1 aliphatic rings. The summed E-state index contributed by atoms with van der Waals surface area (Å²) < 4.78 is 0. The minimum Gasteiger partial charge on any atom is -0.385 e. The van der Waals surface area contributed by atoms with Crippen LogP contribution in [0.4, 0.5) is 5.69 Å². The second-order valence-corrected chi connectivity index (χ2v) is 4.67. The van der Waals surface area contributed by atoms with Crippen LogP contribution < -0.4 is 10.6 Å². The number of amides is 1. The van der Waals surface area contributed by atoms with Gasteiger partial charge in [-0.15, -0.1) is 0 Å². The largest absolute Gasteiger partial charge is 0.385 e. The number of benzene rings is 1. The number of rotatable bonds is 3. The van der Waals surface area contributed by atoms with Gasteiger partial charge in [0.1, 0.15) is 0 Å². The maximum absolute atomic E-state index is 12.2. The average Bonchev–Trinajstić information content (AvgIpc) is 2.37. The molecule has 0 aliphatic carbocycles. The number of anilines is 1. The number of fused-ring (bicyclic) bond motifs is 1. The van der Waals surface area contributed by atoms with Crippen molar-refractivity contribution in [2.24, 2.45) is 0 Å². The third kappa shape index (κ3) is 2.60. The Kier molecular flexibility index (Phi) is 3.67. The highest BCUT2D eigenvalue weighted by molar-refractivity contribution is 5.86. The van der Waals surface area contributed by atoms with Crippen LogP contribution >= 0.6 is 0 Å². The lowest BCUT2D eigenvalue weighted by atomic mass is 9.90. The SMILES string of the molecule is CCC(C)NC(=O)C1CCNc2ccccc21. The summed E-state index contributed by atoms with van der Waals surface area (Å²) in [6, 6.07) is 8.33. The van der Waals surface area contributed by atoms with Gasteiger partial charge in [0.05, 0.1) is 5.92 Å². The summed E-state index contributed by atoms with van der Waals surface area (Å²) in [7, 11) is 0. The number of para-hydroxylation sites is 1. The molecule has 3 heteroatoms. The molecule has 2 atom stereocenters. The summed E-state index contributed by atoms with van der Waals surface area (Å²) in [4.78, 5) is 12.2. The Morgan fingerprint density at radius 2 is 2.29 bits per heavy atom. The predicted octanol–water partition coefficient (Wildman–Crippen LogP) is 2.50. The van der Waals surface area contributed by atoms with Gasteiger partial charge in [-0.3, -0.25) is 4.79 Å². The van der Waals surface area contributed by atoms with Gasteiger partial charge in [0.2, 0.25) is 5.91 Å². The van der Waals surface area contributed by atoms with Crippen LogP contribution in [-0.4, -0.2) is 18.5 Å². The Morgan fingerprint density at radius 1 is 1.53 bits per heavy atom. The van der Waals surface area contributed by atoms with E-state index in [1.165, 1.54) is 0 Å². The molecule has 0 aromatic heterocycles. The van der Waals surface area contributed by atoms with Gasteiger partial charge in [0.25, 0.3) is 0 Å². The summed E-state index contributed by atoms with van der Waals surface area (Å²) in [5, 5.41) is 6.41. The van der Waals surface area contributed by atoms with Gasteiger partial charge in [-0.25, -0.2) is 0 Å². The van der Waals surface area contributed by atoms with Crippen LogP contribution in [-0.2, 0) is 4.79 Å². The number of carbonyl (C=O) groups is 1. The fraction of sp³-hybridized carbons (Fsp3) is 0.500. The topological polar surface area (TPSA) is 41.1 Å². The van der Waals surface area contributed by atoms with E-state index in [2.05, 4.69) is 17.6 Å². The van der Waals surface area contributed by atoms with Gasteiger partial charge in [-0.2, -0.15) is 0 Å². The maximum atomic E-state index is 12.2. The first-order valence-electron chi connectivity index (χ1n) is 6.35. The Bertz CT molecular complexity index is 403. The monoisotopic (exact) mass is 232 g/mol. The molecular formula is C14H20N2O. The quantitative estimate of drug-likeness (QED) is 0.840. The van der Waals surface area contributed by atoms with Crippen molar-refractivity contribution >= 4 is 11.6 Å². The van der Waals surface area contributed by atoms with Crippen LogP contribution in [0.5, 0.6) is 0 Å². The number of nitrogens with one attached hydrogen (secondary N) is 2. The number of carbonyl (C=O) groups excluding carboxylic acids is 1. The minimum atomic E-state index is 0.00134. The number of hydrogen-bond donors (Lipinski definition) is 2. The smallest absolute Gasteiger partial charge is 0.227 e. The van der Waals surface area contributed by atoms with Crippen molar-refractivity contribution < 1.29 is 4.79 Å². The molecule has 0 radical (unpaired) electrons. The molecule has 2 rings (SSSR count). The lowest BCUT2D eigenvalue weighted by Crippen LogP contribution is -2.37. The predicted molar refractivity (Wildman–Crippen MR) is 70.2 cm³/mol. The van der Waals surface area contributed by atoms with E-state index in [9.17, 15) is 4.79 Å². The molecular weight excluding hydrogens is 212 g/mol. The third-order valence-electron chi connectivity index (χ3n) is 3.40. The molecule has 2 unspecified atom stereocenters. The van der Waals surface area contributed by atoms with E-state index in [0.717, 1.165) is 30.6 Å². The van der Waals surface area contributed by atoms with Crippen LogP contribution in [0.1, 0.15) is 38.2 Å². The van der Waals surface area contributed by atoms with Crippen molar-refractivity contribution in [2.75, 3.05) is 11.9 Å². The summed E-state index contributed by atoms with van der Waals surface area (Å²) in [5.74, 6) is 0.162. The summed E-state index contributed by atoms with van der Waals surface area (Å²) in [6.45, 7) is 5.00. The maximum Gasteiger partial charge on any atom is 0.227 e. The van der Waals surface area contributed by atoms with E-state index in [0.29, 0.717) is 0 Å². The standard InChI is InChI=1S/C14H20N2O/c1-3-10(2)16-14(17)12-8-9-15-13-7-5-4-6-11(12)13/h4-7,10,12,15H,3,8-9H2,1-2H3,(H,16,17). The molecule has 0 saturated carbocycles. The third-order valence-corrected chi connectivity index (χ3v) is 3.40. The molecule has 2 N–H and O–H groups in total. The van der Waals surface area contributed by atoms with Crippen molar-refractivity contribution in [1.82, 2.24) is 5.32 Å². The van der Waals surface area contributed by atoms with Crippen LogP contribution in [0, 0.1) is 0 Å². The molecule has 92 valence electrons. The molecule has 0 fully saturated rings. The average molecular weight is 232 g/mol. The van der Waals surface area contributed by atoms with E-state index in [4.69, 9.17) is 0 Å². The van der Waals surface area contributed by atoms with Crippen LogP contribution in [0.25, 0.3) is 0 Å². The Balaban J connectivity index is 2.15. The Labute approximate surface area is 103 Å². The van der Waals surface area contributed by atoms with E-state index < -0.39 is 0 Å². The Morgan fingerprint density at radius 3 is 3.06 bits per heavy atom. The molecule has 0 spiro atoms. The molecule has 3 nitrogen and oxygen atoms in total. The molecule has 1 aromatic carbocycles. The Hall–Kier alpha value is -1.51. The van der Waals surface area contributed by atoms with Crippen molar-refractivity contribution in [1.29, 1.82) is 0 Å². The van der Waals surface area contributed by atoms with Crippen LogP contribution in [0.15, 0.2) is 24.3 Å². The van der Waals surface area contributed by atoms with Crippen molar-refractivity contribution in [3.63, 3.8) is 0 Å². The van der Waals surface area contributed by atoms with Crippen molar-refractivity contribution in [2.45, 2.75) is 38.6 Å². The molecule has 1 aromatic rings.